The van der Waals surface area contributed by atoms with Crippen LogP contribution in [0.5, 0.6) is 11.5 Å². The van der Waals surface area contributed by atoms with Gasteiger partial charge in [0.2, 0.25) is 0 Å². The first-order chi connectivity index (χ1) is 16.0. The van der Waals surface area contributed by atoms with Gasteiger partial charge >= 0.3 is 0 Å². The Balaban J connectivity index is 0.00000324. The van der Waals surface area contributed by atoms with Crippen LogP contribution in [-0.4, -0.2) is 47.9 Å². The highest BCUT2D eigenvalue weighted by Crippen LogP contribution is 2.34. The molecule has 0 saturated heterocycles. The van der Waals surface area contributed by atoms with Gasteiger partial charge in [-0.2, -0.15) is 0 Å². The Morgan fingerprint density at radius 2 is 1.71 bits per heavy atom. The summed E-state index contributed by atoms with van der Waals surface area (Å²) in [4.78, 5) is 11.8. The normalized spacial score (nSPS) is 10.9. The second-order valence-electron chi connectivity index (χ2n) is 8.33. The van der Waals surface area contributed by atoms with E-state index in [9.17, 15) is 0 Å². The second-order valence-corrected chi connectivity index (χ2v) is 8.33. The van der Waals surface area contributed by atoms with Crippen molar-refractivity contribution >= 4 is 34.8 Å². The Kier molecular flexibility index (Phi) is 8.36. The standard InChI is InChI=1S/C26H31N5O2.ClH/c1-18(2)27-9-11-31(21-12-22(32-4)15-23(13-21)33-5)20-6-7-24-25(14-20)29-26(16-28-24)19-8-10-30(3)17-19;/h6-8,10,12-18,27H,9,11H2,1-5H3;1H. The maximum atomic E-state index is 5.52. The Labute approximate surface area is 207 Å². The van der Waals surface area contributed by atoms with Crippen molar-refractivity contribution in [2.24, 2.45) is 7.05 Å². The fourth-order valence-corrected chi connectivity index (χ4v) is 3.78. The zero-order chi connectivity index (χ0) is 23.4. The van der Waals surface area contributed by atoms with Crippen LogP contribution in [0.2, 0.25) is 0 Å². The Hall–Kier alpha value is -3.29. The van der Waals surface area contributed by atoms with E-state index < -0.39 is 0 Å². The van der Waals surface area contributed by atoms with Gasteiger partial charge in [-0.3, -0.25) is 4.98 Å². The highest BCUT2D eigenvalue weighted by Gasteiger charge is 2.14. The highest BCUT2D eigenvalue weighted by molar-refractivity contribution is 5.85. The van der Waals surface area contributed by atoms with Crippen molar-refractivity contribution < 1.29 is 9.47 Å². The summed E-state index contributed by atoms with van der Waals surface area (Å²) in [6.45, 7) is 5.89. The Bertz CT molecular complexity index is 1220. The maximum Gasteiger partial charge on any atom is 0.124 e. The molecule has 2 heterocycles. The lowest BCUT2D eigenvalue weighted by Gasteiger charge is -2.27. The molecule has 8 heteroatoms. The van der Waals surface area contributed by atoms with Crippen LogP contribution in [0, 0.1) is 0 Å². The molecule has 0 fully saturated rings. The van der Waals surface area contributed by atoms with Crippen LogP contribution in [-0.2, 0) is 7.05 Å². The van der Waals surface area contributed by atoms with Crippen molar-refractivity contribution in [3.8, 4) is 22.8 Å². The van der Waals surface area contributed by atoms with E-state index in [1.807, 2.05) is 60.5 Å². The van der Waals surface area contributed by atoms with Gasteiger partial charge in [0.1, 0.15) is 11.5 Å². The summed E-state index contributed by atoms with van der Waals surface area (Å²) in [6.07, 6.45) is 5.89. The van der Waals surface area contributed by atoms with Gasteiger partial charge in [-0.15, -0.1) is 12.4 Å². The third-order valence-electron chi connectivity index (χ3n) is 5.50. The third kappa shape index (κ3) is 5.79. The van der Waals surface area contributed by atoms with E-state index in [4.69, 9.17) is 14.5 Å². The van der Waals surface area contributed by atoms with Crippen LogP contribution in [0.15, 0.2) is 61.1 Å². The molecule has 0 aliphatic carbocycles. The van der Waals surface area contributed by atoms with Crippen LogP contribution in [0.3, 0.4) is 0 Å². The summed E-state index contributed by atoms with van der Waals surface area (Å²) >= 11 is 0. The molecule has 180 valence electrons. The zero-order valence-electron chi connectivity index (χ0n) is 20.3. The Morgan fingerprint density at radius 3 is 2.32 bits per heavy atom. The van der Waals surface area contributed by atoms with Crippen molar-refractivity contribution in [1.29, 1.82) is 0 Å². The first-order valence-electron chi connectivity index (χ1n) is 11.1. The van der Waals surface area contributed by atoms with Crippen molar-refractivity contribution in [3.05, 3.63) is 61.1 Å². The van der Waals surface area contributed by atoms with E-state index in [0.29, 0.717) is 6.04 Å². The molecule has 34 heavy (non-hydrogen) atoms. The average molecular weight is 482 g/mol. The van der Waals surface area contributed by atoms with Gasteiger partial charge in [0.25, 0.3) is 0 Å². The van der Waals surface area contributed by atoms with Gasteiger partial charge in [0, 0.05) is 73.7 Å². The smallest absolute Gasteiger partial charge is 0.124 e. The number of hydrogen-bond donors (Lipinski definition) is 1. The molecule has 4 aromatic rings. The number of fused-ring (bicyclic) bond motifs is 1. The number of nitrogens with one attached hydrogen (secondary N) is 1. The molecule has 0 saturated carbocycles. The van der Waals surface area contributed by atoms with Crippen molar-refractivity contribution in [3.63, 3.8) is 0 Å². The van der Waals surface area contributed by atoms with E-state index in [1.54, 1.807) is 14.2 Å². The van der Waals surface area contributed by atoms with Crippen LogP contribution in [0.25, 0.3) is 22.3 Å². The van der Waals surface area contributed by atoms with Gasteiger partial charge in [-0.05, 0) is 24.3 Å². The quantitative estimate of drug-likeness (QED) is 0.354. The summed E-state index contributed by atoms with van der Waals surface area (Å²) in [7, 11) is 5.33. The number of hydrogen-bond acceptors (Lipinski definition) is 6. The predicted octanol–water partition coefficient (Wildman–Crippen LogP) is 5.21. The van der Waals surface area contributed by atoms with E-state index in [0.717, 1.165) is 58.3 Å². The van der Waals surface area contributed by atoms with Gasteiger partial charge in [0.15, 0.2) is 0 Å². The predicted molar refractivity (Wildman–Crippen MR) is 141 cm³/mol. The molecule has 0 atom stereocenters. The molecule has 1 N–H and O–H groups in total. The molecule has 0 radical (unpaired) electrons. The number of aromatic nitrogens is 3. The average Bonchev–Trinajstić information content (AvgIpc) is 3.26. The molecule has 0 amide bonds. The lowest BCUT2D eigenvalue weighted by Crippen LogP contribution is -2.32. The summed E-state index contributed by atoms with van der Waals surface area (Å²) in [5.41, 5.74) is 5.64. The number of ether oxygens (including phenoxy) is 2. The lowest BCUT2D eigenvalue weighted by molar-refractivity contribution is 0.394. The molecule has 0 unspecified atom stereocenters. The first kappa shape index (κ1) is 25.3. The molecule has 4 rings (SSSR count). The minimum absolute atomic E-state index is 0. The topological polar surface area (TPSA) is 64.4 Å². The molecule has 0 aliphatic rings. The van der Waals surface area contributed by atoms with Crippen LogP contribution >= 0.6 is 12.4 Å². The molecule has 0 bridgehead atoms. The summed E-state index contributed by atoms with van der Waals surface area (Å²) in [6, 6.07) is 14.6. The summed E-state index contributed by atoms with van der Waals surface area (Å²) in [5.74, 6) is 1.50. The van der Waals surface area contributed by atoms with Gasteiger partial charge in [-0.1, -0.05) is 13.8 Å². The number of benzene rings is 2. The molecular weight excluding hydrogens is 450 g/mol. The van der Waals surface area contributed by atoms with Crippen LogP contribution in [0.4, 0.5) is 11.4 Å². The van der Waals surface area contributed by atoms with Gasteiger partial charge < -0.3 is 24.3 Å². The Morgan fingerprint density at radius 1 is 0.971 bits per heavy atom. The van der Waals surface area contributed by atoms with E-state index in [-0.39, 0.29) is 12.4 Å². The number of methoxy groups -OCH3 is 2. The molecular formula is C26H32ClN5O2. The molecule has 0 spiro atoms. The lowest BCUT2D eigenvalue weighted by atomic mass is 10.2. The monoisotopic (exact) mass is 481 g/mol. The fraction of sp³-hybridized carbons (Fsp3) is 0.308. The number of nitrogens with zero attached hydrogens (tertiary/aromatic N) is 4. The van der Waals surface area contributed by atoms with Crippen molar-refractivity contribution in [2.45, 2.75) is 19.9 Å². The van der Waals surface area contributed by atoms with Gasteiger partial charge in [0.05, 0.1) is 37.1 Å². The molecule has 0 aliphatic heterocycles. The van der Waals surface area contributed by atoms with Crippen LogP contribution < -0.4 is 19.7 Å². The third-order valence-corrected chi connectivity index (χ3v) is 5.50. The number of aryl methyl sites for hydroxylation is 1. The van der Waals surface area contributed by atoms with Crippen LogP contribution in [0.1, 0.15) is 13.8 Å². The molecule has 2 aromatic carbocycles. The molecule has 2 aromatic heterocycles. The fourth-order valence-electron chi connectivity index (χ4n) is 3.78. The minimum atomic E-state index is 0. The highest BCUT2D eigenvalue weighted by atomic mass is 35.5. The first-order valence-corrected chi connectivity index (χ1v) is 11.1. The second kappa shape index (κ2) is 11.2. The molecule has 7 nitrogen and oxygen atoms in total. The van der Waals surface area contributed by atoms with E-state index >= 15 is 0 Å². The number of rotatable bonds is 9. The SMILES string of the molecule is COc1cc(OC)cc(N(CCNC(C)C)c2ccc3ncc(-c4ccn(C)c4)nc3c2)c1.Cl. The largest absolute Gasteiger partial charge is 0.497 e. The van der Waals surface area contributed by atoms with Gasteiger partial charge in [-0.25, -0.2) is 4.98 Å². The number of halogens is 1. The van der Waals surface area contributed by atoms with Crippen molar-refractivity contribution in [2.75, 3.05) is 32.2 Å². The maximum absolute atomic E-state index is 5.52. The number of anilines is 2. The van der Waals surface area contributed by atoms with Crippen molar-refractivity contribution in [1.82, 2.24) is 19.9 Å². The minimum Gasteiger partial charge on any atom is -0.497 e. The summed E-state index contributed by atoms with van der Waals surface area (Å²) in [5, 5.41) is 3.51. The van der Waals surface area contributed by atoms with E-state index in [2.05, 4.69) is 41.2 Å². The zero-order valence-corrected chi connectivity index (χ0v) is 21.1. The summed E-state index contributed by atoms with van der Waals surface area (Å²) < 4.78 is 13.0. The van der Waals surface area contributed by atoms with E-state index in [1.165, 1.54) is 0 Å².